The van der Waals surface area contributed by atoms with Crippen LogP contribution in [0.5, 0.6) is 5.75 Å². The summed E-state index contributed by atoms with van der Waals surface area (Å²) in [4.78, 5) is 18.4. The molecule has 0 radical (unpaired) electrons. The Morgan fingerprint density at radius 3 is 2.62 bits per heavy atom. The normalized spacial score (nSPS) is 11.6. The zero-order chi connectivity index (χ0) is 27.8. The smallest absolute Gasteiger partial charge is 0.282 e. The first-order valence-electron chi connectivity index (χ1n) is 12.3. The van der Waals surface area contributed by atoms with Crippen LogP contribution in [-0.4, -0.2) is 15.9 Å². The van der Waals surface area contributed by atoms with E-state index in [1.54, 1.807) is 54.6 Å². The summed E-state index contributed by atoms with van der Waals surface area (Å²) in [6, 6.07) is 25.8. The maximum atomic E-state index is 13.7. The number of ether oxygens (including phenoxy) is 1. The molecule has 0 saturated heterocycles. The Morgan fingerprint density at radius 1 is 1.00 bits per heavy atom. The number of para-hydroxylation sites is 1. The molecule has 6 nitrogen and oxygen atoms in total. The minimum Gasteiger partial charge on any atom is -0.487 e. The van der Waals surface area contributed by atoms with Crippen molar-refractivity contribution in [1.29, 1.82) is 0 Å². The maximum Gasteiger partial charge on any atom is 0.282 e. The molecule has 0 aliphatic carbocycles. The van der Waals surface area contributed by atoms with E-state index in [0.717, 1.165) is 10.9 Å². The number of hydrogen-bond acceptors (Lipinski definition) is 5. The van der Waals surface area contributed by atoms with E-state index in [1.807, 2.05) is 37.3 Å². The molecule has 0 bridgehead atoms. The number of aryl methyl sites for hydroxylation is 1. The number of rotatable bonds is 6. The molecule has 0 unspecified atom stereocenters. The van der Waals surface area contributed by atoms with Crippen molar-refractivity contribution < 1.29 is 9.15 Å². The monoisotopic (exact) mass is 631 g/mol. The Bertz CT molecular complexity index is 1980. The summed E-state index contributed by atoms with van der Waals surface area (Å²) < 4.78 is 14.1. The third-order valence-electron chi connectivity index (χ3n) is 6.31. The highest BCUT2D eigenvalue weighted by atomic mass is 79.9. The van der Waals surface area contributed by atoms with Crippen molar-refractivity contribution in [2.45, 2.75) is 13.5 Å². The summed E-state index contributed by atoms with van der Waals surface area (Å²) in [6.07, 6.45) is 1.53. The van der Waals surface area contributed by atoms with E-state index >= 15 is 0 Å². The van der Waals surface area contributed by atoms with Gasteiger partial charge in [-0.15, -0.1) is 0 Å². The minimum atomic E-state index is -0.349. The average Bonchev–Trinajstić information content (AvgIpc) is 3.36. The average molecular weight is 633 g/mol. The highest BCUT2D eigenvalue weighted by Crippen LogP contribution is 2.33. The van der Waals surface area contributed by atoms with Crippen LogP contribution in [0.3, 0.4) is 0 Å². The second-order valence-electron chi connectivity index (χ2n) is 9.19. The van der Waals surface area contributed by atoms with Gasteiger partial charge in [0.15, 0.2) is 5.76 Å². The van der Waals surface area contributed by atoms with Gasteiger partial charge in [0.05, 0.1) is 21.6 Å². The molecule has 0 aliphatic heterocycles. The molecular weight excluding hydrogens is 613 g/mol. The van der Waals surface area contributed by atoms with Crippen molar-refractivity contribution in [1.82, 2.24) is 9.66 Å². The second kappa shape index (κ2) is 10.9. The van der Waals surface area contributed by atoms with Crippen LogP contribution in [0.2, 0.25) is 10.0 Å². The van der Waals surface area contributed by atoms with Crippen molar-refractivity contribution in [2.75, 3.05) is 0 Å². The Kier molecular flexibility index (Phi) is 7.19. The topological polar surface area (TPSA) is 69.6 Å². The van der Waals surface area contributed by atoms with Crippen LogP contribution in [0.25, 0.3) is 33.5 Å². The van der Waals surface area contributed by atoms with Crippen molar-refractivity contribution in [3.63, 3.8) is 0 Å². The number of halogens is 3. The first-order chi connectivity index (χ1) is 19.4. The third-order valence-corrected chi connectivity index (χ3v) is 7.35. The number of aromatic nitrogens is 2. The molecule has 6 aromatic rings. The van der Waals surface area contributed by atoms with E-state index in [2.05, 4.69) is 21.0 Å². The van der Waals surface area contributed by atoms with Crippen LogP contribution in [-0.2, 0) is 6.61 Å². The summed E-state index contributed by atoms with van der Waals surface area (Å²) in [5.41, 5.74) is 3.55. The standard InChI is InChI=1S/C31H20BrCl2N3O3/c1-18-6-8-19(9-7-18)17-39-29-21(13-23(34)15-25(29)32)16-35-37-30(36-26-5-3-2-4-24(26)31(37)38)28-14-20-12-22(33)10-11-27(20)40-28/h2-16H,17H2,1H3. The van der Waals surface area contributed by atoms with Crippen molar-refractivity contribution in [3.8, 4) is 17.3 Å². The summed E-state index contributed by atoms with van der Waals surface area (Å²) in [5.74, 6) is 1.16. The van der Waals surface area contributed by atoms with E-state index in [0.29, 0.717) is 54.7 Å². The lowest BCUT2D eigenvalue weighted by Crippen LogP contribution is -2.20. The molecule has 0 N–H and O–H groups in total. The molecule has 0 fully saturated rings. The maximum absolute atomic E-state index is 13.7. The first kappa shape index (κ1) is 26.3. The van der Waals surface area contributed by atoms with Gasteiger partial charge in [-0.1, -0.05) is 65.2 Å². The fourth-order valence-corrected chi connectivity index (χ4v) is 5.43. The molecule has 2 heterocycles. The van der Waals surface area contributed by atoms with Gasteiger partial charge in [0.25, 0.3) is 5.56 Å². The summed E-state index contributed by atoms with van der Waals surface area (Å²) >= 11 is 16.1. The van der Waals surface area contributed by atoms with Crippen molar-refractivity contribution in [3.05, 3.63) is 126 Å². The molecule has 0 amide bonds. The second-order valence-corrected chi connectivity index (χ2v) is 10.9. The van der Waals surface area contributed by atoms with Gasteiger partial charge in [-0.2, -0.15) is 9.78 Å². The number of furan rings is 1. The molecule has 40 heavy (non-hydrogen) atoms. The van der Waals surface area contributed by atoms with Crippen molar-refractivity contribution >= 4 is 67.2 Å². The van der Waals surface area contributed by atoms with E-state index < -0.39 is 0 Å². The lowest BCUT2D eigenvalue weighted by Gasteiger charge is -2.13. The zero-order valence-electron chi connectivity index (χ0n) is 21.1. The predicted octanol–water partition coefficient (Wildman–Crippen LogP) is 8.65. The predicted molar refractivity (Wildman–Crippen MR) is 164 cm³/mol. The molecule has 6 rings (SSSR count). The zero-order valence-corrected chi connectivity index (χ0v) is 24.2. The number of benzene rings is 4. The quantitative estimate of drug-likeness (QED) is 0.172. The molecule has 0 spiro atoms. The minimum absolute atomic E-state index is 0.246. The molecule has 2 aromatic heterocycles. The van der Waals surface area contributed by atoms with Gasteiger partial charge in [-0.05, 0) is 76.9 Å². The highest BCUT2D eigenvalue weighted by Gasteiger charge is 2.17. The lowest BCUT2D eigenvalue weighted by atomic mass is 10.1. The van der Waals surface area contributed by atoms with Gasteiger partial charge in [0.1, 0.15) is 17.9 Å². The van der Waals surface area contributed by atoms with Gasteiger partial charge >= 0.3 is 0 Å². The summed E-state index contributed by atoms with van der Waals surface area (Å²) in [6.45, 7) is 2.37. The SMILES string of the molecule is Cc1ccc(COc2c(Br)cc(Cl)cc2C=Nn2c(-c3cc4cc(Cl)ccc4o3)nc3ccccc3c2=O)cc1. The van der Waals surface area contributed by atoms with Gasteiger partial charge < -0.3 is 9.15 Å². The van der Waals surface area contributed by atoms with E-state index in [9.17, 15) is 4.79 Å². The van der Waals surface area contributed by atoms with Crippen LogP contribution in [0.4, 0.5) is 0 Å². The number of nitrogens with zero attached hydrogens (tertiary/aromatic N) is 3. The van der Waals surface area contributed by atoms with Crippen LogP contribution in [0.15, 0.2) is 104 Å². The van der Waals surface area contributed by atoms with Gasteiger partial charge in [0.2, 0.25) is 5.82 Å². The molecular formula is C31H20BrCl2N3O3. The summed E-state index contributed by atoms with van der Waals surface area (Å²) in [5, 5.41) is 6.83. The molecule has 0 saturated carbocycles. The van der Waals surface area contributed by atoms with Crippen LogP contribution in [0, 0.1) is 6.92 Å². The van der Waals surface area contributed by atoms with Crippen LogP contribution in [0.1, 0.15) is 16.7 Å². The lowest BCUT2D eigenvalue weighted by molar-refractivity contribution is 0.304. The fourth-order valence-electron chi connectivity index (χ4n) is 4.30. The molecule has 0 aliphatic rings. The van der Waals surface area contributed by atoms with E-state index in [-0.39, 0.29) is 11.4 Å². The summed E-state index contributed by atoms with van der Waals surface area (Å²) in [7, 11) is 0. The Labute approximate surface area is 247 Å². The molecule has 9 heteroatoms. The highest BCUT2D eigenvalue weighted by molar-refractivity contribution is 9.10. The Hall–Kier alpha value is -3.91. The third kappa shape index (κ3) is 5.28. The Balaban J connectivity index is 1.46. The van der Waals surface area contributed by atoms with Gasteiger partial charge in [-0.25, -0.2) is 4.98 Å². The molecule has 0 atom stereocenters. The van der Waals surface area contributed by atoms with Crippen LogP contribution < -0.4 is 10.3 Å². The Morgan fingerprint density at radius 2 is 1.80 bits per heavy atom. The van der Waals surface area contributed by atoms with Gasteiger partial charge in [0, 0.05) is 21.0 Å². The van der Waals surface area contributed by atoms with Gasteiger partial charge in [-0.3, -0.25) is 4.79 Å². The molecule has 4 aromatic carbocycles. The number of fused-ring (bicyclic) bond motifs is 2. The van der Waals surface area contributed by atoms with Crippen molar-refractivity contribution in [2.24, 2.45) is 5.10 Å². The largest absolute Gasteiger partial charge is 0.487 e. The van der Waals surface area contributed by atoms with Crippen LogP contribution >= 0.6 is 39.1 Å². The number of hydrogen-bond donors (Lipinski definition) is 0. The fraction of sp³-hybridized carbons (Fsp3) is 0.0645. The van der Waals surface area contributed by atoms with E-state index in [4.69, 9.17) is 37.3 Å². The molecule has 198 valence electrons. The first-order valence-corrected chi connectivity index (χ1v) is 13.8. The van der Waals surface area contributed by atoms with E-state index in [1.165, 1.54) is 16.5 Å².